The number of nitrogens with zero attached hydrogens (tertiary/aromatic N) is 1. The second-order valence-corrected chi connectivity index (χ2v) is 7.36. The molecule has 1 aromatic carbocycles. The van der Waals surface area contributed by atoms with Crippen LogP contribution in [0.15, 0.2) is 24.3 Å². The lowest BCUT2D eigenvalue weighted by molar-refractivity contribution is -0.137. The number of hydrogen-bond acceptors (Lipinski definition) is 2. The van der Waals surface area contributed by atoms with Crippen LogP contribution in [-0.2, 0) is 22.4 Å². The predicted molar refractivity (Wildman–Crippen MR) is 92.7 cm³/mol. The third-order valence-corrected chi connectivity index (χ3v) is 5.55. The summed E-state index contributed by atoms with van der Waals surface area (Å²) >= 11 is 0. The van der Waals surface area contributed by atoms with Crippen LogP contribution in [-0.4, -0.2) is 35.0 Å². The van der Waals surface area contributed by atoms with E-state index in [4.69, 9.17) is 5.11 Å². The van der Waals surface area contributed by atoms with Gasteiger partial charge in [0.25, 0.3) is 0 Å². The molecule has 1 aliphatic heterocycles. The topological polar surface area (TPSA) is 57.6 Å². The molecule has 3 rings (SSSR count). The van der Waals surface area contributed by atoms with Gasteiger partial charge < -0.3 is 10.0 Å². The smallest absolute Gasteiger partial charge is 0.303 e. The molecule has 4 nitrogen and oxygen atoms in total. The van der Waals surface area contributed by atoms with E-state index in [0.29, 0.717) is 24.7 Å². The molecule has 4 heteroatoms. The summed E-state index contributed by atoms with van der Waals surface area (Å²) in [7, 11) is 0. The lowest BCUT2D eigenvalue weighted by Gasteiger charge is -2.34. The van der Waals surface area contributed by atoms with Crippen molar-refractivity contribution in [1.82, 2.24) is 4.90 Å². The van der Waals surface area contributed by atoms with E-state index in [-0.39, 0.29) is 12.3 Å². The second kappa shape index (κ2) is 7.82. The number of carboxylic acids is 1. The third kappa shape index (κ3) is 4.37. The largest absolute Gasteiger partial charge is 0.481 e. The molecule has 1 N–H and O–H groups in total. The van der Waals surface area contributed by atoms with Crippen molar-refractivity contribution in [3.8, 4) is 0 Å². The van der Waals surface area contributed by atoms with Gasteiger partial charge in [0, 0.05) is 25.9 Å². The minimum atomic E-state index is -0.737. The Labute approximate surface area is 143 Å². The van der Waals surface area contributed by atoms with Gasteiger partial charge in [0.15, 0.2) is 0 Å². The number of carbonyl (C=O) groups is 2. The molecule has 1 fully saturated rings. The maximum atomic E-state index is 12.7. The van der Waals surface area contributed by atoms with E-state index >= 15 is 0 Å². The van der Waals surface area contributed by atoms with E-state index in [1.165, 1.54) is 11.1 Å². The monoisotopic (exact) mass is 329 g/mol. The van der Waals surface area contributed by atoms with E-state index in [9.17, 15) is 9.59 Å². The summed E-state index contributed by atoms with van der Waals surface area (Å²) in [5.74, 6) is 0.330. The summed E-state index contributed by atoms with van der Waals surface area (Å²) in [5, 5.41) is 8.84. The summed E-state index contributed by atoms with van der Waals surface area (Å²) in [5.41, 5.74) is 2.84. The zero-order valence-electron chi connectivity index (χ0n) is 14.2. The second-order valence-electron chi connectivity index (χ2n) is 7.36. The highest BCUT2D eigenvalue weighted by atomic mass is 16.4. The normalized spacial score (nSPS) is 23.6. The van der Waals surface area contributed by atoms with Gasteiger partial charge >= 0.3 is 5.97 Å². The molecule has 1 saturated heterocycles. The number of likely N-dealkylation sites (tertiary alicyclic amines) is 1. The Hall–Kier alpha value is -1.84. The summed E-state index contributed by atoms with van der Waals surface area (Å²) in [6, 6.07) is 8.57. The fraction of sp³-hybridized carbons (Fsp3) is 0.600. The van der Waals surface area contributed by atoms with Crippen molar-refractivity contribution in [2.24, 2.45) is 11.8 Å². The maximum Gasteiger partial charge on any atom is 0.303 e. The van der Waals surface area contributed by atoms with E-state index in [2.05, 4.69) is 24.3 Å². The average Bonchev–Trinajstić information content (AvgIpc) is 2.60. The van der Waals surface area contributed by atoms with Gasteiger partial charge in [-0.1, -0.05) is 24.3 Å². The van der Waals surface area contributed by atoms with Crippen molar-refractivity contribution < 1.29 is 14.7 Å². The molecule has 24 heavy (non-hydrogen) atoms. The van der Waals surface area contributed by atoms with Gasteiger partial charge in [-0.05, 0) is 61.5 Å². The van der Waals surface area contributed by atoms with Crippen molar-refractivity contribution >= 4 is 11.9 Å². The SMILES string of the molecule is O=C(O)CCC1CCCN(C(=O)CC2CCc3ccccc3C2)C1. The molecule has 130 valence electrons. The van der Waals surface area contributed by atoms with Gasteiger partial charge in [0.1, 0.15) is 0 Å². The molecule has 1 heterocycles. The van der Waals surface area contributed by atoms with Crippen LogP contribution in [0.2, 0.25) is 0 Å². The molecule has 0 spiro atoms. The highest BCUT2D eigenvalue weighted by molar-refractivity contribution is 5.76. The zero-order chi connectivity index (χ0) is 16.9. The van der Waals surface area contributed by atoms with Crippen molar-refractivity contribution in [2.75, 3.05) is 13.1 Å². The number of rotatable bonds is 5. The predicted octanol–water partition coefficient (Wildman–Crippen LogP) is 3.29. The van der Waals surface area contributed by atoms with E-state index in [1.807, 2.05) is 4.90 Å². The molecular formula is C20H27NO3. The standard InChI is InChI=1S/C20H27NO3/c22-19(21-11-3-4-15(14-21)8-10-20(23)24)13-16-7-9-17-5-1-2-6-18(17)12-16/h1-2,5-6,15-16H,3-4,7-14H2,(H,23,24). The first-order valence-corrected chi connectivity index (χ1v) is 9.18. The summed E-state index contributed by atoms with van der Waals surface area (Å²) in [6.45, 7) is 1.58. The first-order chi connectivity index (χ1) is 11.6. The molecule has 2 atom stereocenters. The van der Waals surface area contributed by atoms with Crippen LogP contribution in [0.5, 0.6) is 0 Å². The number of carbonyl (C=O) groups excluding carboxylic acids is 1. The van der Waals surface area contributed by atoms with Crippen molar-refractivity contribution in [2.45, 2.75) is 51.4 Å². The first kappa shape index (κ1) is 17.0. The zero-order valence-corrected chi connectivity index (χ0v) is 14.2. The number of amides is 1. The number of benzene rings is 1. The van der Waals surface area contributed by atoms with Crippen LogP contribution >= 0.6 is 0 Å². The lowest BCUT2D eigenvalue weighted by Crippen LogP contribution is -2.41. The minimum Gasteiger partial charge on any atom is -0.481 e. The van der Waals surface area contributed by atoms with Gasteiger partial charge in [-0.15, -0.1) is 0 Å². The van der Waals surface area contributed by atoms with Gasteiger partial charge in [-0.2, -0.15) is 0 Å². The van der Waals surface area contributed by atoms with Crippen LogP contribution in [0.3, 0.4) is 0 Å². The highest BCUT2D eigenvalue weighted by Gasteiger charge is 2.27. The molecule has 2 unspecified atom stereocenters. The van der Waals surface area contributed by atoms with Gasteiger partial charge in [0.2, 0.25) is 5.91 Å². The minimum absolute atomic E-state index is 0.214. The molecule has 0 bridgehead atoms. The number of hydrogen-bond donors (Lipinski definition) is 1. The molecular weight excluding hydrogens is 302 g/mol. The Bertz CT molecular complexity index is 598. The van der Waals surface area contributed by atoms with Crippen LogP contribution in [0.25, 0.3) is 0 Å². The Morgan fingerprint density at radius 1 is 1.12 bits per heavy atom. The maximum absolute atomic E-state index is 12.7. The molecule has 1 amide bonds. The summed E-state index contributed by atoms with van der Waals surface area (Å²) in [4.78, 5) is 25.4. The van der Waals surface area contributed by atoms with Gasteiger partial charge in [0.05, 0.1) is 0 Å². The molecule has 0 radical (unpaired) electrons. The number of aryl methyl sites for hydroxylation is 1. The quantitative estimate of drug-likeness (QED) is 0.902. The van der Waals surface area contributed by atoms with E-state index in [1.54, 1.807) is 0 Å². The number of piperidine rings is 1. The number of aliphatic carboxylic acids is 1. The van der Waals surface area contributed by atoms with Gasteiger partial charge in [-0.25, -0.2) is 0 Å². The van der Waals surface area contributed by atoms with Crippen LogP contribution in [0.4, 0.5) is 0 Å². The first-order valence-electron chi connectivity index (χ1n) is 9.18. The van der Waals surface area contributed by atoms with Crippen LogP contribution in [0.1, 0.15) is 49.7 Å². The molecule has 0 saturated carbocycles. The van der Waals surface area contributed by atoms with Crippen LogP contribution < -0.4 is 0 Å². The Kier molecular flexibility index (Phi) is 5.54. The Morgan fingerprint density at radius 3 is 2.71 bits per heavy atom. The fourth-order valence-corrected chi connectivity index (χ4v) is 4.18. The number of fused-ring (bicyclic) bond motifs is 1. The van der Waals surface area contributed by atoms with Crippen molar-refractivity contribution in [3.05, 3.63) is 35.4 Å². The summed E-state index contributed by atoms with van der Waals surface area (Å²) in [6.07, 6.45) is 6.78. The fourth-order valence-electron chi connectivity index (χ4n) is 4.18. The van der Waals surface area contributed by atoms with Gasteiger partial charge in [-0.3, -0.25) is 9.59 Å². The lowest BCUT2D eigenvalue weighted by atomic mass is 9.82. The summed E-state index contributed by atoms with van der Waals surface area (Å²) < 4.78 is 0. The van der Waals surface area contributed by atoms with Crippen molar-refractivity contribution in [3.63, 3.8) is 0 Å². The Balaban J connectivity index is 1.51. The molecule has 0 aromatic heterocycles. The van der Waals surface area contributed by atoms with E-state index < -0.39 is 5.97 Å². The number of carboxylic acid groups (broad SMARTS) is 1. The van der Waals surface area contributed by atoms with Crippen LogP contribution in [0, 0.1) is 11.8 Å². The molecule has 1 aromatic rings. The average molecular weight is 329 g/mol. The Morgan fingerprint density at radius 2 is 1.92 bits per heavy atom. The molecule has 1 aliphatic carbocycles. The van der Waals surface area contributed by atoms with Crippen molar-refractivity contribution in [1.29, 1.82) is 0 Å². The molecule has 2 aliphatic rings. The highest BCUT2D eigenvalue weighted by Crippen LogP contribution is 2.29. The van der Waals surface area contributed by atoms with E-state index in [0.717, 1.165) is 45.2 Å². The third-order valence-electron chi connectivity index (χ3n) is 5.55.